The van der Waals surface area contributed by atoms with Gasteiger partial charge < -0.3 is 5.11 Å². The molecule has 0 saturated heterocycles. The second-order valence-electron chi connectivity index (χ2n) is 14.2. The maximum atomic E-state index is 11.7. The van der Waals surface area contributed by atoms with Crippen molar-refractivity contribution in [2.24, 2.45) is 17.8 Å². The van der Waals surface area contributed by atoms with Crippen molar-refractivity contribution in [3.8, 4) is 21.7 Å². The van der Waals surface area contributed by atoms with Crippen molar-refractivity contribution in [2.45, 2.75) is 99.8 Å². The van der Waals surface area contributed by atoms with Gasteiger partial charge in [-0.25, -0.2) is 0 Å². The smallest absolute Gasteiger partial charge is 0.162 e. The van der Waals surface area contributed by atoms with Crippen LogP contribution in [0.2, 0.25) is 0 Å². The summed E-state index contributed by atoms with van der Waals surface area (Å²) in [4.78, 5) is 22.4. The van der Waals surface area contributed by atoms with E-state index in [9.17, 15) is 9.90 Å². The molecule has 0 fully saturated rings. The fourth-order valence-electron chi connectivity index (χ4n) is 6.16. The van der Waals surface area contributed by atoms with Crippen molar-refractivity contribution in [1.82, 2.24) is 9.97 Å². The first-order valence-electron chi connectivity index (χ1n) is 17.6. The van der Waals surface area contributed by atoms with E-state index in [1.807, 2.05) is 40.1 Å². The Morgan fingerprint density at radius 2 is 1.59 bits per heavy atom. The van der Waals surface area contributed by atoms with Crippen molar-refractivity contribution in [1.29, 1.82) is 0 Å². The number of hydrogen-bond donors (Lipinski definition) is 1. The van der Waals surface area contributed by atoms with Crippen molar-refractivity contribution in [2.75, 3.05) is 0 Å². The minimum atomic E-state index is 0. The average molecular weight is 854 g/mol. The number of carbonyl (C=O) groups excluding carboxylic acids is 1. The van der Waals surface area contributed by atoms with Crippen LogP contribution in [0.25, 0.3) is 42.6 Å². The number of aliphatic hydroxyl groups excluding tert-OH is 1. The van der Waals surface area contributed by atoms with Gasteiger partial charge in [-0.3, -0.25) is 14.8 Å². The van der Waals surface area contributed by atoms with Crippen molar-refractivity contribution in [3.05, 3.63) is 96.1 Å². The summed E-state index contributed by atoms with van der Waals surface area (Å²) in [6.07, 6.45) is 9.85. The minimum absolute atomic E-state index is 0. The first-order valence-corrected chi connectivity index (χ1v) is 18.4. The molecule has 5 aromatic rings. The second-order valence-corrected chi connectivity index (χ2v) is 15.3. The summed E-state index contributed by atoms with van der Waals surface area (Å²) in [6.45, 7) is 19.3. The molecule has 5 rings (SSSR count). The van der Waals surface area contributed by atoms with Gasteiger partial charge in [-0.05, 0) is 72.6 Å². The molecule has 2 aromatic carbocycles. The quantitative estimate of drug-likeness (QED) is 0.0817. The van der Waals surface area contributed by atoms with Crippen molar-refractivity contribution in [3.63, 3.8) is 0 Å². The molecule has 0 unspecified atom stereocenters. The Kier molecular flexibility index (Phi) is 14.9. The summed E-state index contributed by atoms with van der Waals surface area (Å²) in [5.41, 5.74) is 5.71. The van der Waals surface area contributed by atoms with Gasteiger partial charge in [-0.2, -0.15) is 0 Å². The Bertz CT molecular complexity index is 1860. The van der Waals surface area contributed by atoms with Crippen LogP contribution in [0.5, 0.6) is 0 Å². The standard InChI is InChI=1S/C30H29N2S.C13H24O2.Ir/c1-19(2)12-24-14-23-17-28(33-29(23)18-32-24)21-10-11-31-27(16-21)22-13-20-8-6-7-9-25(20)26(15-22)30(3,4)5;1-5-10(6-2)12(14)9-13(15)11(7-3)8-4;/h6-11,14-19H,12H2,1-5H3;9-11,14H,5-8H2,1-4H3;/q-1;;/b;12-9-;. The summed E-state index contributed by atoms with van der Waals surface area (Å²) < 4.78 is 1.23. The molecule has 3 aromatic heterocycles. The molecular formula is C43H53IrN2O2S-. The molecule has 1 N–H and O–H groups in total. The number of aliphatic hydroxyl groups is 1. The molecule has 0 aliphatic rings. The van der Waals surface area contributed by atoms with Crippen molar-refractivity contribution < 1.29 is 30.0 Å². The summed E-state index contributed by atoms with van der Waals surface area (Å²) in [6, 6.07) is 23.2. The van der Waals surface area contributed by atoms with Gasteiger partial charge in [0.1, 0.15) is 0 Å². The number of thiophene rings is 1. The molecule has 4 nitrogen and oxygen atoms in total. The maximum Gasteiger partial charge on any atom is 0.162 e. The predicted octanol–water partition coefficient (Wildman–Crippen LogP) is 12.3. The SMILES string of the molecule is CC(C)Cc1cc2cc(-c3ccnc(-c4[c-]c5ccccc5c(C(C)(C)C)c4)c3)sc2cn1.CCC(CC)C(=O)/C=C(\O)C(CC)CC.[Ir]. The third-order valence-corrected chi connectivity index (χ3v) is 10.2. The fraction of sp³-hybridized carbons (Fsp3) is 0.419. The topological polar surface area (TPSA) is 63.1 Å². The zero-order chi connectivity index (χ0) is 35.0. The van der Waals surface area contributed by atoms with Gasteiger partial charge in [0.05, 0.1) is 10.5 Å². The van der Waals surface area contributed by atoms with Crippen LogP contribution in [0.15, 0.2) is 78.8 Å². The monoisotopic (exact) mass is 854 g/mol. The number of pyridine rings is 2. The van der Waals surface area contributed by atoms with Gasteiger partial charge in [0.15, 0.2) is 5.78 Å². The normalized spacial score (nSPS) is 12.0. The molecule has 0 saturated carbocycles. The minimum Gasteiger partial charge on any atom is -0.512 e. The van der Waals surface area contributed by atoms with Gasteiger partial charge in [0.2, 0.25) is 0 Å². The van der Waals surface area contributed by atoms with E-state index in [2.05, 4.69) is 100 Å². The molecule has 0 spiro atoms. The summed E-state index contributed by atoms with van der Waals surface area (Å²) in [5, 5.41) is 13.4. The fourth-order valence-corrected chi connectivity index (χ4v) is 7.17. The van der Waals surface area contributed by atoms with Crippen LogP contribution in [-0.4, -0.2) is 20.9 Å². The van der Waals surface area contributed by atoms with Crippen molar-refractivity contribution >= 4 is 38.0 Å². The molecular weight excluding hydrogens is 801 g/mol. The summed E-state index contributed by atoms with van der Waals surface area (Å²) >= 11 is 1.79. The third-order valence-electron chi connectivity index (χ3n) is 9.06. The molecule has 1 radical (unpaired) electrons. The number of hydrogen-bond acceptors (Lipinski definition) is 5. The first-order chi connectivity index (χ1) is 22.9. The largest absolute Gasteiger partial charge is 0.512 e. The number of fused-ring (bicyclic) bond motifs is 2. The van der Waals surface area contributed by atoms with E-state index in [1.54, 1.807) is 11.3 Å². The van der Waals surface area contributed by atoms with Crippen LogP contribution in [0.1, 0.15) is 99.3 Å². The third kappa shape index (κ3) is 10.4. The van der Waals surface area contributed by atoms with Gasteiger partial charge in [-0.1, -0.05) is 97.5 Å². The average Bonchev–Trinajstić information content (AvgIpc) is 3.49. The Balaban J connectivity index is 0.000000347. The summed E-state index contributed by atoms with van der Waals surface area (Å²) in [7, 11) is 0. The molecule has 6 heteroatoms. The van der Waals surface area contributed by atoms with Gasteiger partial charge in [0, 0.05) is 66.7 Å². The van der Waals surface area contributed by atoms with E-state index in [4.69, 9.17) is 4.98 Å². The Morgan fingerprint density at radius 1 is 0.918 bits per heavy atom. The van der Waals surface area contributed by atoms with E-state index in [0.717, 1.165) is 54.4 Å². The Morgan fingerprint density at radius 3 is 2.22 bits per heavy atom. The van der Waals surface area contributed by atoms with Gasteiger partial charge in [0.25, 0.3) is 0 Å². The number of benzene rings is 2. The van der Waals surface area contributed by atoms with Crippen LogP contribution >= 0.6 is 11.3 Å². The van der Waals surface area contributed by atoms with E-state index in [1.165, 1.54) is 37.6 Å². The van der Waals surface area contributed by atoms with Crippen LogP contribution in [0.3, 0.4) is 0 Å². The molecule has 0 bridgehead atoms. The zero-order valence-electron chi connectivity index (χ0n) is 30.7. The maximum absolute atomic E-state index is 11.7. The Hall–Kier alpha value is -3.18. The molecule has 3 heterocycles. The number of allylic oxidation sites excluding steroid dienone is 2. The van der Waals surface area contributed by atoms with Crippen LogP contribution in [0.4, 0.5) is 0 Å². The number of rotatable bonds is 11. The number of aromatic nitrogens is 2. The molecule has 0 atom stereocenters. The van der Waals surface area contributed by atoms with Crippen LogP contribution in [-0.2, 0) is 36.7 Å². The van der Waals surface area contributed by atoms with E-state index in [0.29, 0.717) is 5.92 Å². The molecule has 0 aliphatic carbocycles. The van der Waals surface area contributed by atoms with E-state index in [-0.39, 0.29) is 48.9 Å². The van der Waals surface area contributed by atoms with Crippen LogP contribution < -0.4 is 0 Å². The Labute approximate surface area is 311 Å². The van der Waals surface area contributed by atoms with Gasteiger partial charge in [-0.15, -0.1) is 40.5 Å². The summed E-state index contributed by atoms with van der Waals surface area (Å²) in [5.74, 6) is 1.15. The zero-order valence-corrected chi connectivity index (χ0v) is 33.9. The number of nitrogens with zero attached hydrogens (tertiary/aromatic N) is 2. The molecule has 263 valence electrons. The predicted molar refractivity (Wildman–Crippen MR) is 206 cm³/mol. The van der Waals surface area contributed by atoms with E-state index >= 15 is 0 Å². The second kappa shape index (κ2) is 18.2. The number of ketones is 1. The van der Waals surface area contributed by atoms with Crippen LogP contribution in [0, 0.1) is 23.8 Å². The molecule has 0 aliphatic heterocycles. The van der Waals surface area contributed by atoms with Gasteiger partial charge >= 0.3 is 0 Å². The number of carbonyl (C=O) groups is 1. The molecule has 49 heavy (non-hydrogen) atoms. The molecule has 0 amide bonds. The van der Waals surface area contributed by atoms with E-state index < -0.39 is 0 Å². The first kappa shape index (κ1) is 40.3.